The summed E-state index contributed by atoms with van der Waals surface area (Å²) >= 11 is 11.1. The lowest BCUT2D eigenvalue weighted by Gasteiger charge is -2.11. The van der Waals surface area contributed by atoms with E-state index in [0.717, 1.165) is 17.7 Å². The highest BCUT2D eigenvalue weighted by Crippen LogP contribution is 2.47. The van der Waals surface area contributed by atoms with Gasteiger partial charge in [-0.2, -0.15) is 0 Å². The van der Waals surface area contributed by atoms with Crippen LogP contribution in [0.3, 0.4) is 0 Å². The van der Waals surface area contributed by atoms with Crippen molar-refractivity contribution in [1.29, 1.82) is 0 Å². The Labute approximate surface area is 151 Å². The average molecular weight is 360 g/mol. The van der Waals surface area contributed by atoms with Crippen LogP contribution in [0.2, 0.25) is 5.02 Å². The summed E-state index contributed by atoms with van der Waals surface area (Å²) in [6.45, 7) is 2.02. The quantitative estimate of drug-likeness (QED) is 0.577. The molecule has 0 aromatic heterocycles. The van der Waals surface area contributed by atoms with E-state index < -0.39 is 0 Å². The van der Waals surface area contributed by atoms with Crippen molar-refractivity contribution >= 4 is 40.5 Å². The number of aryl methyl sites for hydroxylation is 1. The van der Waals surface area contributed by atoms with Crippen molar-refractivity contribution in [2.75, 3.05) is 5.32 Å². The van der Waals surface area contributed by atoms with Crippen LogP contribution in [0.4, 0.5) is 5.69 Å². The van der Waals surface area contributed by atoms with Crippen LogP contribution < -0.4 is 16.2 Å². The second kappa shape index (κ2) is 7.20. The Kier molecular flexibility index (Phi) is 5.02. The Morgan fingerprint density at radius 1 is 1.08 bits per heavy atom. The highest BCUT2D eigenvalue weighted by atomic mass is 35.5. The molecule has 6 heteroatoms. The third-order valence-corrected chi connectivity index (χ3v) is 4.49. The molecule has 0 spiro atoms. The number of hydrogen-bond acceptors (Lipinski definition) is 2. The molecular formula is C18H18ClN3OS. The van der Waals surface area contributed by atoms with Gasteiger partial charge in [0.15, 0.2) is 5.11 Å². The fraction of sp³-hybridized carbons (Fsp3) is 0.222. The van der Waals surface area contributed by atoms with E-state index in [0.29, 0.717) is 10.1 Å². The van der Waals surface area contributed by atoms with Crippen LogP contribution in [0.1, 0.15) is 23.5 Å². The molecule has 1 amide bonds. The minimum absolute atomic E-state index is 0.0270. The molecule has 2 aromatic carbocycles. The SMILES string of the molecule is Cc1ccc(NC(=S)NNC(=O)[C@@H]2C[C@H]2c2ccc(Cl)cc2)cc1. The normalized spacial score (nSPS) is 18.6. The van der Waals surface area contributed by atoms with E-state index in [1.165, 1.54) is 5.56 Å². The van der Waals surface area contributed by atoms with E-state index in [4.69, 9.17) is 23.8 Å². The number of amides is 1. The number of benzene rings is 2. The maximum Gasteiger partial charge on any atom is 0.242 e. The van der Waals surface area contributed by atoms with E-state index in [1.54, 1.807) is 0 Å². The number of carbonyl (C=O) groups is 1. The Hall–Kier alpha value is -2.11. The van der Waals surface area contributed by atoms with Crippen LogP contribution in [0.5, 0.6) is 0 Å². The maximum absolute atomic E-state index is 12.2. The van der Waals surface area contributed by atoms with Gasteiger partial charge in [0.2, 0.25) is 5.91 Å². The molecule has 2 aromatic rings. The number of nitrogens with one attached hydrogen (secondary N) is 3. The van der Waals surface area contributed by atoms with Gasteiger partial charge in [0.1, 0.15) is 0 Å². The van der Waals surface area contributed by atoms with Gasteiger partial charge in [-0.3, -0.25) is 15.6 Å². The molecule has 1 aliphatic carbocycles. The van der Waals surface area contributed by atoms with Gasteiger partial charge >= 0.3 is 0 Å². The van der Waals surface area contributed by atoms with E-state index in [2.05, 4.69) is 16.2 Å². The average Bonchev–Trinajstić information content (AvgIpc) is 3.36. The number of hydrogen-bond donors (Lipinski definition) is 3. The number of thiocarbonyl (C=S) groups is 1. The molecular weight excluding hydrogens is 342 g/mol. The molecule has 4 nitrogen and oxygen atoms in total. The van der Waals surface area contributed by atoms with Crippen molar-refractivity contribution in [1.82, 2.24) is 10.9 Å². The molecule has 3 rings (SSSR count). The van der Waals surface area contributed by atoms with Gasteiger partial charge in [0, 0.05) is 16.6 Å². The summed E-state index contributed by atoms with van der Waals surface area (Å²) in [4.78, 5) is 12.2. The van der Waals surface area contributed by atoms with Gasteiger partial charge in [-0.05, 0) is 61.3 Å². The molecule has 24 heavy (non-hydrogen) atoms. The molecule has 0 saturated heterocycles. The van der Waals surface area contributed by atoms with Crippen molar-refractivity contribution in [2.45, 2.75) is 19.3 Å². The van der Waals surface area contributed by atoms with Gasteiger partial charge in [-0.25, -0.2) is 0 Å². The standard InChI is InChI=1S/C18H18ClN3OS/c1-11-2-8-14(9-3-11)20-18(24)22-21-17(23)16-10-15(16)12-4-6-13(19)7-5-12/h2-9,15-16H,10H2,1H3,(H,21,23)(H2,20,22,24)/t15-,16+/m0/s1. The summed E-state index contributed by atoms with van der Waals surface area (Å²) in [5.74, 6) is 0.173. The predicted molar refractivity (Wildman–Crippen MR) is 101 cm³/mol. The van der Waals surface area contributed by atoms with Crippen LogP contribution in [-0.4, -0.2) is 11.0 Å². The van der Waals surface area contributed by atoms with Crippen molar-refractivity contribution in [2.24, 2.45) is 5.92 Å². The third-order valence-electron chi connectivity index (χ3n) is 4.03. The molecule has 1 saturated carbocycles. The Morgan fingerprint density at radius 3 is 2.42 bits per heavy atom. The van der Waals surface area contributed by atoms with Crippen LogP contribution in [0.15, 0.2) is 48.5 Å². The molecule has 0 heterocycles. The Bertz CT molecular complexity index is 746. The number of hydrazine groups is 1. The van der Waals surface area contributed by atoms with Crippen molar-refractivity contribution in [3.63, 3.8) is 0 Å². The minimum Gasteiger partial charge on any atom is -0.331 e. The molecule has 124 valence electrons. The zero-order chi connectivity index (χ0) is 17.1. The van der Waals surface area contributed by atoms with E-state index >= 15 is 0 Å². The second-order valence-corrected chi connectivity index (χ2v) is 6.78. The van der Waals surface area contributed by atoms with Crippen LogP contribution in [0.25, 0.3) is 0 Å². The molecule has 0 bridgehead atoms. The first-order valence-corrected chi connectivity index (χ1v) is 8.50. The number of halogens is 1. The largest absolute Gasteiger partial charge is 0.331 e. The summed E-state index contributed by atoms with van der Waals surface area (Å²) in [6.07, 6.45) is 0.841. The van der Waals surface area contributed by atoms with Crippen molar-refractivity contribution in [3.8, 4) is 0 Å². The molecule has 3 N–H and O–H groups in total. The lowest BCUT2D eigenvalue weighted by atomic mass is 10.1. The smallest absolute Gasteiger partial charge is 0.242 e. The first-order valence-electron chi connectivity index (χ1n) is 7.72. The first-order chi connectivity index (χ1) is 11.5. The fourth-order valence-electron chi connectivity index (χ4n) is 2.57. The third kappa shape index (κ3) is 4.24. The van der Waals surface area contributed by atoms with Crippen LogP contribution >= 0.6 is 23.8 Å². The number of anilines is 1. The molecule has 1 fully saturated rings. The molecule has 2 atom stereocenters. The monoisotopic (exact) mass is 359 g/mol. The minimum atomic E-state index is -0.0528. The molecule has 0 aliphatic heterocycles. The van der Waals surface area contributed by atoms with Crippen molar-refractivity contribution < 1.29 is 4.79 Å². The fourth-order valence-corrected chi connectivity index (χ4v) is 2.87. The second-order valence-electron chi connectivity index (χ2n) is 5.93. The van der Waals surface area contributed by atoms with Gasteiger partial charge < -0.3 is 5.32 Å². The number of carbonyl (C=O) groups excluding carboxylic acids is 1. The van der Waals surface area contributed by atoms with Gasteiger partial charge in [0.05, 0.1) is 0 Å². The lowest BCUT2D eigenvalue weighted by molar-refractivity contribution is -0.122. The van der Waals surface area contributed by atoms with Crippen LogP contribution in [-0.2, 0) is 4.79 Å². The maximum atomic E-state index is 12.2. The zero-order valence-electron chi connectivity index (χ0n) is 13.2. The van der Waals surface area contributed by atoms with Gasteiger partial charge in [-0.15, -0.1) is 0 Å². The summed E-state index contributed by atoms with van der Waals surface area (Å²) in [5.41, 5.74) is 8.60. The van der Waals surface area contributed by atoms with E-state index in [-0.39, 0.29) is 17.7 Å². The zero-order valence-corrected chi connectivity index (χ0v) is 14.7. The molecule has 0 radical (unpaired) electrons. The van der Waals surface area contributed by atoms with E-state index in [9.17, 15) is 4.79 Å². The summed E-state index contributed by atoms with van der Waals surface area (Å²) in [6, 6.07) is 15.5. The predicted octanol–water partition coefficient (Wildman–Crippen LogP) is 3.77. The topological polar surface area (TPSA) is 53.2 Å². The highest BCUT2D eigenvalue weighted by molar-refractivity contribution is 7.80. The van der Waals surface area contributed by atoms with Gasteiger partial charge in [-0.1, -0.05) is 41.4 Å². The summed E-state index contributed by atoms with van der Waals surface area (Å²) in [7, 11) is 0. The lowest BCUT2D eigenvalue weighted by Crippen LogP contribution is -2.44. The Balaban J connectivity index is 1.45. The van der Waals surface area contributed by atoms with E-state index in [1.807, 2.05) is 55.5 Å². The summed E-state index contributed by atoms with van der Waals surface area (Å²) < 4.78 is 0. The first kappa shape index (κ1) is 16.7. The number of rotatable bonds is 3. The van der Waals surface area contributed by atoms with Crippen molar-refractivity contribution in [3.05, 3.63) is 64.7 Å². The highest BCUT2D eigenvalue weighted by Gasteiger charge is 2.43. The summed E-state index contributed by atoms with van der Waals surface area (Å²) in [5, 5.41) is 4.08. The molecule has 1 aliphatic rings. The van der Waals surface area contributed by atoms with Gasteiger partial charge in [0.25, 0.3) is 0 Å². The molecule has 0 unspecified atom stereocenters. The van der Waals surface area contributed by atoms with Crippen LogP contribution in [0, 0.1) is 12.8 Å². The Morgan fingerprint density at radius 2 is 1.75 bits per heavy atom.